The molecule has 0 spiro atoms. The van der Waals surface area contributed by atoms with Crippen molar-refractivity contribution in [3.05, 3.63) is 50.8 Å². The summed E-state index contributed by atoms with van der Waals surface area (Å²) < 4.78 is 12.9. The van der Waals surface area contributed by atoms with E-state index in [0.29, 0.717) is 0 Å². The van der Waals surface area contributed by atoms with Gasteiger partial charge in [0.1, 0.15) is 11.5 Å². The zero-order valence-electron chi connectivity index (χ0n) is 12.2. The zero-order valence-corrected chi connectivity index (χ0v) is 15.3. The van der Waals surface area contributed by atoms with Gasteiger partial charge in [0.05, 0.1) is 13.2 Å². The van der Waals surface area contributed by atoms with E-state index in [1.54, 1.807) is 7.11 Å². The molecule has 21 heavy (non-hydrogen) atoms. The number of methoxy groups -OCH3 is 1. The Balaban J connectivity index is 2.22. The van der Waals surface area contributed by atoms with E-state index in [-0.39, 0.29) is 6.04 Å². The van der Waals surface area contributed by atoms with Crippen LogP contribution >= 0.6 is 31.9 Å². The summed E-state index contributed by atoms with van der Waals surface area (Å²) >= 11 is 6.98. The van der Waals surface area contributed by atoms with Crippen molar-refractivity contribution in [3.8, 4) is 5.75 Å². The van der Waals surface area contributed by atoms with Crippen molar-refractivity contribution in [3.63, 3.8) is 0 Å². The average molecular weight is 417 g/mol. The molecule has 114 valence electrons. The lowest BCUT2D eigenvalue weighted by Crippen LogP contribution is -2.23. The van der Waals surface area contributed by atoms with Gasteiger partial charge in [0.2, 0.25) is 0 Å². The van der Waals surface area contributed by atoms with Gasteiger partial charge >= 0.3 is 0 Å². The quantitative estimate of drug-likeness (QED) is 0.681. The predicted octanol–water partition coefficient (Wildman–Crippen LogP) is 5.10. The minimum atomic E-state index is 0.139. The molecule has 2 aromatic rings. The number of rotatable bonds is 7. The second kappa shape index (κ2) is 8.01. The Kier molecular flexibility index (Phi) is 6.33. The van der Waals surface area contributed by atoms with Gasteiger partial charge in [-0.3, -0.25) is 0 Å². The summed E-state index contributed by atoms with van der Waals surface area (Å²) in [6, 6.07) is 10.1. The van der Waals surface area contributed by atoms with Crippen LogP contribution in [0.5, 0.6) is 5.75 Å². The van der Waals surface area contributed by atoms with E-state index >= 15 is 0 Å². The Morgan fingerprint density at radius 2 is 2.05 bits per heavy atom. The van der Waals surface area contributed by atoms with Crippen LogP contribution in [0.2, 0.25) is 0 Å². The molecule has 0 aliphatic carbocycles. The number of furan rings is 1. The molecular weight excluding hydrogens is 398 g/mol. The third kappa shape index (κ3) is 4.59. The predicted molar refractivity (Wildman–Crippen MR) is 91.8 cm³/mol. The lowest BCUT2D eigenvalue weighted by molar-refractivity contribution is 0.397. The highest BCUT2D eigenvalue weighted by molar-refractivity contribution is 9.10. The Morgan fingerprint density at radius 1 is 1.24 bits per heavy atom. The molecule has 0 aliphatic rings. The van der Waals surface area contributed by atoms with Gasteiger partial charge in [-0.25, -0.2) is 0 Å². The van der Waals surface area contributed by atoms with E-state index in [4.69, 9.17) is 9.15 Å². The maximum absolute atomic E-state index is 5.72. The standard InChI is InChI=1S/C16H19Br2NO2/c1-3-8-19-14(15-6-7-16(18)21-15)10-11-9-12(20-2)4-5-13(11)17/h4-7,9,14,19H,3,8,10H2,1-2H3. The van der Waals surface area contributed by atoms with Crippen molar-refractivity contribution in [2.75, 3.05) is 13.7 Å². The van der Waals surface area contributed by atoms with Crippen LogP contribution in [0.3, 0.4) is 0 Å². The summed E-state index contributed by atoms with van der Waals surface area (Å²) in [7, 11) is 1.68. The Bertz CT molecular complexity index is 583. The monoisotopic (exact) mass is 415 g/mol. The molecule has 2 rings (SSSR count). The van der Waals surface area contributed by atoms with Crippen molar-refractivity contribution < 1.29 is 9.15 Å². The summed E-state index contributed by atoms with van der Waals surface area (Å²) in [4.78, 5) is 0. The van der Waals surface area contributed by atoms with Crippen molar-refractivity contribution in [1.29, 1.82) is 0 Å². The summed E-state index contributed by atoms with van der Waals surface area (Å²) in [6.07, 6.45) is 1.91. The second-order valence-electron chi connectivity index (χ2n) is 4.81. The van der Waals surface area contributed by atoms with Gasteiger partial charge < -0.3 is 14.5 Å². The topological polar surface area (TPSA) is 34.4 Å². The molecule has 0 bridgehead atoms. The van der Waals surface area contributed by atoms with Gasteiger partial charge in [-0.1, -0.05) is 22.9 Å². The van der Waals surface area contributed by atoms with Crippen LogP contribution in [0.25, 0.3) is 0 Å². The molecule has 5 heteroatoms. The zero-order chi connectivity index (χ0) is 15.2. The average Bonchev–Trinajstić information content (AvgIpc) is 2.91. The minimum Gasteiger partial charge on any atom is -0.497 e. The molecule has 0 radical (unpaired) electrons. The molecule has 1 atom stereocenters. The SMILES string of the molecule is CCCNC(Cc1cc(OC)ccc1Br)c1ccc(Br)o1. The smallest absolute Gasteiger partial charge is 0.169 e. The molecule has 1 unspecified atom stereocenters. The fraction of sp³-hybridized carbons (Fsp3) is 0.375. The first-order valence-corrected chi connectivity index (χ1v) is 8.53. The highest BCUT2D eigenvalue weighted by atomic mass is 79.9. The number of halogens is 2. The molecule has 3 nitrogen and oxygen atoms in total. The van der Waals surface area contributed by atoms with E-state index < -0.39 is 0 Å². The summed E-state index contributed by atoms with van der Waals surface area (Å²) in [5.41, 5.74) is 1.19. The molecule has 1 heterocycles. The molecule has 0 fully saturated rings. The third-order valence-corrected chi connectivity index (χ3v) is 4.45. The van der Waals surface area contributed by atoms with Crippen LogP contribution in [0.1, 0.15) is 30.7 Å². The first kappa shape index (κ1) is 16.6. The molecule has 0 amide bonds. The molecule has 0 aliphatic heterocycles. The normalized spacial score (nSPS) is 12.4. The minimum absolute atomic E-state index is 0.139. The molecular formula is C16H19Br2NO2. The molecule has 0 saturated heterocycles. The number of nitrogens with one attached hydrogen (secondary N) is 1. The summed E-state index contributed by atoms with van der Waals surface area (Å²) in [6.45, 7) is 3.11. The highest BCUT2D eigenvalue weighted by Crippen LogP contribution is 2.29. The van der Waals surface area contributed by atoms with E-state index in [9.17, 15) is 0 Å². The third-order valence-electron chi connectivity index (χ3n) is 3.26. The van der Waals surface area contributed by atoms with Gasteiger partial charge in [0.15, 0.2) is 4.67 Å². The first-order chi connectivity index (χ1) is 10.1. The van der Waals surface area contributed by atoms with Crippen molar-refractivity contribution in [1.82, 2.24) is 5.32 Å². The van der Waals surface area contributed by atoms with Crippen LogP contribution in [-0.4, -0.2) is 13.7 Å². The fourth-order valence-corrected chi connectivity index (χ4v) is 2.89. The number of benzene rings is 1. The van der Waals surface area contributed by atoms with Gasteiger partial charge in [-0.05, 0) is 71.2 Å². The number of hydrogen-bond acceptors (Lipinski definition) is 3. The molecule has 1 aromatic heterocycles. The molecule has 1 aromatic carbocycles. The van der Waals surface area contributed by atoms with Crippen LogP contribution in [0, 0.1) is 0 Å². The van der Waals surface area contributed by atoms with Gasteiger partial charge in [0, 0.05) is 4.47 Å². The van der Waals surface area contributed by atoms with Crippen molar-refractivity contribution >= 4 is 31.9 Å². The van der Waals surface area contributed by atoms with E-state index in [1.165, 1.54) is 5.56 Å². The van der Waals surface area contributed by atoms with Crippen LogP contribution in [0.4, 0.5) is 0 Å². The Labute approximate surface area is 142 Å². The summed E-state index contributed by atoms with van der Waals surface area (Å²) in [5, 5.41) is 3.54. The number of hydrogen-bond donors (Lipinski definition) is 1. The fourth-order valence-electron chi connectivity index (χ4n) is 2.16. The summed E-state index contributed by atoms with van der Waals surface area (Å²) in [5.74, 6) is 1.80. The second-order valence-corrected chi connectivity index (χ2v) is 6.45. The molecule has 0 saturated carbocycles. The maximum Gasteiger partial charge on any atom is 0.169 e. The van der Waals surface area contributed by atoms with Gasteiger partial charge in [-0.2, -0.15) is 0 Å². The van der Waals surface area contributed by atoms with Gasteiger partial charge in [-0.15, -0.1) is 0 Å². The van der Waals surface area contributed by atoms with E-state index in [1.807, 2.05) is 24.3 Å². The lowest BCUT2D eigenvalue weighted by atomic mass is 10.0. The van der Waals surface area contributed by atoms with Crippen LogP contribution in [-0.2, 0) is 6.42 Å². The van der Waals surface area contributed by atoms with E-state index in [2.05, 4.69) is 50.2 Å². The Morgan fingerprint density at radius 3 is 2.67 bits per heavy atom. The Hall–Kier alpha value is -0.780. The molecule has 1 N–H and O–H groups in total. The number of ether oxygens (including phenoxy) is 1. The lowest BCUT2D eigenvalue weighted by Gasteiger charge is -2.17. The van der Waals surface area contributed by atoms with Crippen LogP contribution in [0.15, 0.2) is 43.9 Å². The maximum atomic E-state index is 5.72. The van der Waals surface area contributed by atoms with E-state index in [0.717, 1.165) is 40.0 Å². The van der Waals surface area contributed by atoms with Crippen LogP contribution < -0.4 is 10.1 Å². The van der Waals surface area contributed by atoms with Gasteiger partial charge in [0.25, 0.3) is 0 Å². The van der Waals surface area contributed by atoms with Crippen molar-refractivity contribution in [2.45, 2.75) is 25.8 Å². The van der Waals surface area contributed by atoms with Crippen molar-refractivity contribution in [2.24, 2.45) is 0 Å². The first-order valence-electron chi connectivity index (χ1n) is 6.95. The largest absolute Gasteiger partial charge is 0.497 e. The highest BCUT2D eigenvalue weighted by Gasteiger charge is 2.17.